The molecule has 3 aromatic heterocycles. The van der Waals surface area contributed by atoms with Crippen molar-refractivity contribution >= 4 is 34.1 Å². The summed E-state index contributed by atoms with van der Waals surface area (Å²) in [6, 6.07) is 79.7. The van der Waals surface area contributed by atoms with Gasteiger partial charge in [-0.1, -0.05) is 139 Å². The standard InChI is InChI=1S/C65H46N6/c1-43-24-30-62-56(40-43)65(54-20-10-6-16-50(54)52-18-8-12-22-60(52)70(48-14-4-3-5-15-48)61-23-13-9-19-53(61)51-17-7-11-21-55(51)65)57-41-44(2)25-31-63(57)71(62)49-28-26-47(27-29-49)64-68-58(45-32-36-66-37-33-45)42-59(69-64)46-34-38-67-39-35-46/h3-42H,1-2H3. The van der Waals surface area contributed by atoms with Gasteiger partial charge < -0.3 is 9.80 Å². The maximum absolute atomic E-state index is 5.15. The minimum Gasteiger partial charge on any atom is -0.310 e. The summed E-state index contributed by atoms with van der Waals surface area (Å²) in [5.41, 5.74) is 22.2. The molecule has 8 aromatic carbocycles. The average Bonchev–Trinajstić information content (AvgIpc) is 3.44. The van der Waals surface area contributed by atoms with E-state index in [1.54, 1.807) is 24.8 Å². The van der Waals surface area contributed by atoms with E-state index in [-0.39, 0.29) is 0 Å². The highest BCUT2D eigenvalue weighted by molar-refractivity contribution is 6.00. The van der Waals surface area contributed by atoms with Crippen molar-refractivity contribution in [2.45, 2.75) is 19.3 Å². The van der Waals surface area contributed by atoms with Crippen LogP contribution in [0.1, 0.15) is 33.4 Å². The van der Waals surface area contributed by atoms with E-state index in [2.05, 4.69) is 222 Å². The van der Waals surface area contributed by atoms with E-state index >= 15 is 0 Å². The number of para-hydroxylation sites is 3. The first-order valence-electron chi connectivity index (χ1n) is 24.1. The van der Waals surface area contributed by atoms with Crippen LogP contribution in [0.25, 0.3) is 56.2 Å². The largest absolute Gasteiger partial charge is 0.310 e. The average molecular weight is 911 g/mol. The molecule has 0 N–H and O–H groups in total. The van der Waals surface area contributed by atoms with Crippen LogP contribution in [0.2, 0.25) is 0 Å². The molecule has 0 atom stereocenters. The van der Waals surface area contributed by atoms with Crippen molar-refractivity contribution in [2.24, 2.45) is 0 Å². The van der Waals surface area contributed by atoms with Gasteiger partial charge in [0.1, 0.15) is 0 Å². The van der Waals surface area contributed by atoms with E-state index in [1.165, 1.54) is 44.5 Å². The second-order valence-corrected chi connectivity index (χ2v) is 18.4. The molecule has 0 bridgehead atoms. The summed E-state index contributed by atoms with van der Waals surface area (Å²) in [5.74, 6) is 0.642. The number of pyridine rings is 2. The van der Waals surface area contributed by atoms with Crippen LogP contribution < -0.4 is 9.80 Å². The van der Waals surface area contributed by atoms with Crippen LogP contribution in [0, 0.1) is 13.8 Å². The molecule has 336 valence electrons. The molecular weight excluding hydrogens is 865 g/mol. The van der Waals surface area contributed by atoms with Crippen LogP contribution in [-0.2, 0) is 5.41 Å². The van der Waals surface area contributed by atoms with E-state index in [4.69, 9.17) is 9.97 Å². The number of fused-ring (bicyclic) bond motifs is 12. The van der Waals surface area contributed by atoms with Crippen LogP contribution >= 0.6 is 0 Å². The minimum atomic E-state index is -0.786. The highest BCUT2D eigenvalue weighted by atomic mass is 15.2. The van der Waals surface area contributed by atoms with Crippen LogP contribution in [0.3, 0.4) is 0 Å². The number of hydrogen-bond donors (Lipinski definition) is 0. The SMILES string of the molecule is Cc1ccc2c(c1)C1(c3ccccc3-c3ccccc3N(c3ccccc3)c3ccccc3-c3ccccc31)c1cc(C)ccc1N2c1ccc(-c2nc(-c3ccncc3)cc(-c3ccncc3)n2)cc1. The summed E-state index contributed by atoms with van der Waals surface area (Å²) in [7, 11) is 0. The number of nitrogens with zero attached hydrogens (tertiary/aromatic N) is 6. The molecule has 71 heavy (non-hydrogen) atoms. The first-order valence-corrected chi connectivity index (χ1v) is 24.1. The predicted molar refractivity (Wildman–Crippen MR) is 289 cm³/mol. The second-order valence-electron chi connectivity index (χ2n) is 18.4. The van der Waals surface area contributed by atoms with E-state index in [9.17, 15) is 0 Å². The number of benzene rings is 8. The molecule has 6 heteroatoms. The number of aryl methyl sites for hydroxylation is 2. The molecule has 13 rings (SSSR count). The number of rotatable bonds is 5. The number of aromatic nitrogens is 4. The Morgan fingerprint density at radius 1 is 0.324 bits per heavy atom. The molecular formula is C65H46N6. The molecule has 6 nitrogen and oxygen atoms in total. The summed E-state index contributed by atoms with van der Waals surface area (Å²) in [6.07, 6.45) is 7.20. The van der Waals surface area contributed by atoms with Gasteiger partial charge in [0.05, 0.1) is 39.6 Å². The van der Waals surface area contributed by atoms with Crippen LogP contribution in [0.5, 0.6) is 0 Å². The normalized spacial score (nSPS) is 13.0. The molecule has 1 spiro atoms. The van der Waals surface area contributed by atoms with Crippen molar-refractivity contribution in [1.29, 1.82) is 0 Å². The van der Waals surface area contributed by atoms with E-state index in [0.29, 0.717) is 5.82 Å². The number of anilines is 6. The lowest BCUT2D eigenvalue weighted by Gasteiger charge is -2.48. The summed E-state index contributed by atoms with van der Waals surface area (Å²) in [6.45, 7) is 4.44. The fraction of sp³-hybridized carbons (Fsp3) is 0.0462. The molecule has 5 heterocycles. The van der Waals surface area contributed by atoms with Crippen LogP contribution in [0.4, 0.5) is 34.1 Å². The van der Waals surface area contributed by atoms with E-state index in [0.717, 1.165) is 73.3 Å². The van der Waals surface area contributed by atoms with Gasteiger partial charge in [-0.25, -0.2) is 9.97 Å². The smallest absolute Gasteiger partial charge is 0.160 e. The Hall–Kier alpha value is -9.26. The molecule has 2 aliphatic heterocycles. The molecule has 11 aromatic rings. The maximum Gasteiger partial charge on any atom is 0.160 e. The lowest BCUT2D eigenvalue weighted by atomic mass is 9.59. The molecule has 0 saturated heterocycles. The fourth-order valence-electron chi connectivity index (χ4n) is 11.1. The zero-order valence-corrected chi connectivity index (χ0v) is 39.3. The molecule has 0 unspecified atom stereocenters. The second kappa shape index (κ2) is 17.1. The van der Waals surface area contributed by atoms with Crippen molar-refractivity contribution in [3.05, 3.63) is 277 Å². The Balaban J connectivity index is 1.07. The van der Waals surface area contributed by atoms with Crippen molar-refractivity contribution < 1.29 is 0 Å². The molecule has 0 amide bonds. The summed E-state index contributed by atoms with van der Waals surface area (Å²) < 4.78 is 0. The van der Waals surface area contributed by atoms with Gasteiger partial charge in [0.15, 0.2) is 5.82 Å². The molecule has 0 radical (unpaired) electrons. The summed E-state index contributed by atoms with van der Waals surface area (Å²) in [5, 5.41) is 0. The van der Waals surface area contributed by atoms with Gasteiger partial charge in [-0.15, -0.1) is 0 Å². The van der Waals surface area contributed by atoms with Gasteiger partial charge in [-0.05, 0) is 138 Å². The highest BCUT2D eigenvalue weighted by Gasteiger charge is 2.49. The number of hydrogen-bond acceptors (Lipinski definition) is 6. The first kappa shape index (κ1) is 41.9. The van der Waals surface area contributed by atoms with Crippen molar-refractivity contribution in [1.82, 2.24) is 19.9 Å². The molecule has 0 aliphatic carbocycles. The third-order valence-electron chi connectivity index (χ3n) is 14.2. The Morgan fingerprint density at radius 3 is 1.25 bits per heavy atom. The quantitative estimate of drug-likeness (QED) is 0.171. The zero-order valence-electron chi connectivity index (χ0n) is 39.3. The topological polar surface area (TPSA) is 58.0 Å². The fourth-order valence-corrected chi connectivity index (χ4v) is 11.1. The van der Waals surface area contributed by atoms with Gasteiger partial charge in [0.2, 0.25) is 0 Å². The van der Waals surface area contributed by atoms with Crippen LogP contribution in [0.15, 0.2) is 243 Å². The third kappa shape index (κ3) is 6.86. The monoisotopic (exact) mass is 910 g/mol. The minimum absolute atomic E-state index is 0.642. The van der Waals surface area contributed by atoms with Gasteiger partial charge in [0, 0.05) is 64.0 Å². The Labute approximate surface area is 413 Å². The van der Waals surface area contributed by atoms with Crippen LogP contribution in [-0.4, -0.2) is 19.9 Å². The van der Waals surface area contributed by atoms with Gasteiger partial charge in [-0.2, -0.15) is 0 Å². The Morgan fingerprint density at radius 2 is 0.746 bits per heavy atom. The molecule has 0 saturated carbocycles. The zero-order chi connectivity index (χ0) is 47.5. The third-order valence-corrected chi connectivity index (χ3v) is 14.2. The predicted octanol–water partition coefficient (Wildman–Crippen LogP) is 16.2. The summed E-state index contributed by atoms with van der Waals surface area (Å²) >= 11 is 0. The summed E-state index contributed by atoms with van der Waals surface area (Å²) in [4.78, 5) is 23.7. The lowest BCUT2D eigenvalue weighted by molar-refractivity contribution is 0.732. The lowest BCUT2D eigenvalue weighted by Crippen LogP contribution is -2.39. The maximum atomic E-state index is 5.15. The Bertz CT molecular complexity index is 3590. The molecule has 0 fully saturated rings. The van der Waals surface area contributed by atoms with Gasteiger partial charge in [0.25, 0.3) is 0 Å². The Kier molecular flexibility index (Phi) is 10.1. The van der Waals surface area contributed by atoms with E-state index in [1.807, 2.05) is 30.3 Å². The van der Waals surface area contributed by atoms with Crippen molar-refractivity contribution in [2.75, 3.05) is 9.80 Å². The van der Waals surface area contributed by atoms with Crippen molar-refractivity contribution in [3.63, 3.8) is 0 Å². The molecule has 2 aliphatic rings. The van der Waals surface area contributed by atoms with Gasteiger partial charge >= 0.3 is 0 Å². The highest BCUT2D eigenvalue weighted by Crippen LogP contribution is 2.62. The van der Waals surface area contributed by atoms with Gasteiger partial charge in [-0.3, -0.25) is 9.97 Å². The first-order chi connectivity index (χ1) is 35.0. The van der Waals surface area contributed by atoms with E-state index < -0.39 is 5.41 Å². The van der Waals surface area contributed by atoms with Crippen molar-refractivity contribution in [3.8, 4) is 56.2 Å².